The quantitative estimate of drug-likeness (QED) is 0.662. The van der Waals surface area contributed by atoms with Gasteiger partial charge < -0.3 is 10.1 Å². The first-order valence-electron chi connectivity index (χ1n) is 7.96. The Morgan fingerprint density at radius 3 is 2.67 bits per heavy atom. The fourth-order valence-electron chi connectivity index (χ4n) is 3.12. The van der Waals surface area contributed by atoms with E-state index in [1.165, 1.54) is 44.9 Å². The lowest BCUT2D eigenvalue weighted by Gasteiger charge is -2.36. The van der Waals surface area contributed by atoms with Crippen molar-refractivity contribution < 1.29 is 4.74 Å². The first-order chi connectivity index (χ1) is 8.67. The average Bonchev–Trinajstić information content (AvgIpc) is 2.35. The molecule has 3 unspecified atom stereocenters. The van der Waals surface area contributed by atoms with Crippen molar-refractivity contribution in [2.75, 3.05) is 13.7 Å². The van der Waals surface area contributed by atoms with Gasteiger partial charge >= 0.3 is 0 Å². The van der Waals surface area contributed by atoms with E-state index in [0.717, 1.165) is 18.4 Å². The van der Waals surface area contributed by atoms with Crippen LogP contribution in [-0.4, -0.2) is 25.8 Å². The maximum Gasteiger partial charge on any atom is 0.0730 e. The van der Waals surface area contributed by atoms with Gasteiger partial charge in [0, 0.05) is 12.6 Å². The fourth-order valence-corrected chi connectivity index (χ4v) is 3.12. The zero-order chi connectivity index (χ0) is 13.4. The van der Waals surface area contributed by atoms with E-state index in [4.69, 9.17) is 4.74 Å². The average molecular weight is 255 g/mol. The van der Waals surface area contributed by atoms with E-state index in [2.05, 4.69) is 33.1 Å². The van der Waals surface area contributed by atoms with Crippen molar-refractivity contribution >= 4 is 0 Å². The number of hydrogen-bond donors (Lipinski definition) is 1. The molecule has 0 aromatic rings. The molecule has 1 N–H and O–H groups in total. The van der Waals surface area contributed by atoms with E-state index < -0.39 is 0 Å². The van der Waals surface area contributed by atoms with Crippen molar-refractivity contribution in [3.63, 3.8) is 0 Å². The standard InChI is InChI=1S/C16H33NO/c1-5-7-14-9-10-15(17-4)16(12-14)18-11-6-8-13(2)3/h13-17H,5-12H2,1-4H3. The third kappa shape index (κ3) is 5.71. The summed E-state index contributed by atoms with van der Waals surface area (Å²) in [7, 11) is 2.08. The van der Waals surface area contributed by atoms with Crippen LogP contribution in [0.2, 0.25) is 0 Å². The molecule has 1 fully saturated rings. The van der Waals surface area contributed by atoms with Crippen molar-refractivity contribution in [1.82, 2.24) is 5.32 Å². The predicted octanol–water partition coefficient (Wildman–Crippen LogP) is 4.00. The molecule has 0 aliphatic heterocycles. The van der Waals surface area contributed by atoms with Gasteiger partial charge in [0.15, 0.2) is 0 Å². The Bertz CT molecular complexity index is 205. The highest BCUT2D eigenvalue weighted by Crippen LogP contribution is 2.30. The zero-order valence-corrected chi connectivity index (χ0v) is 12.9. The second kappa shape index (κ2) is 8.92. The van der Waals surface area contributed by atoms with E-state index >= 15 is 0 Å². The summed E-state index contributed by atoms with van der Waals surface area (Å²) in [4.78, 5) is 0. The summed E-state index contributed by atoms with van der Waals surface area (Å²) >= 11 is 0. The normalized spacial score (nSPS) is 28.8. The molecule has 0 radical (unpaired) electrons. The van der Waals surface area contributed by atoms with Gasteiger partial charge in [0.2, 0.25) is 0 Å². The third-order valence-electron chi connectivity index (χ3n) is 4.23. The Labute approximate surface area is 114 Å². The predicted molar refractivity (Wildman–Crippen MR) is 78.9 cm³/mol. The van der Waals surface area contributed by atoms with E-state index in [0.29, 0.717) is 12.1 Å². The largest absolute Gasteiger partial charge is 0.377 e. The van der Waals surface area contributed by atoms with Crippen LogP contribution in [0.1, 0.15) is 65.7 Å². The number of nitrogens with one attached hydrogen (secondary N) is 1. The van der Waals surface area contributed by atoms with Gasteiger partial charge in [-0.25, -0.2) is 0 Å². The van der Waals surface area contributed by atoms with Gasteiger partial charge in [-0.3, -0.25) is 0 Å². The molecule has 1 aliphatic carbocycles. The zero-order valence-electron chi connectivity index (χ0n) is 12.9. The molecule has 2 heteroatoms. The second-order valence-electron chi connectivity index (χ2n) is 6.31. The maximum atomic E-state index is 6.15. The van der Waals surface area contributed by atoms with Crippen molar-refractivity contribution in [3.05, 3.63) is 0 Å². The van der Waals surface area contributed by atoms with Crippen LogP contribution in [0.3, 0.4) is 0 Å². The maximum absolute atomic E-state index is 6.15. The third-order valence-corrected chi connectivity index (χ3v) is 4.23. The van der Waals surface area contributed by atoms with Gasteiger partial charge in [0.25, 0.3) is 0 Å². The topological polar surface area (TPSA) is 21.3 Å². The second-order valence-corrected chi connectivity index (χ2v) is 6.31. The number of likely N-dealkylation sites (N-methyl/N-ethyl adjacent to an activating group) is 1. The molecular formula is C16H33NO. The number of ether oxygens (including phenoxy) is 1. The molecule has 1 aliphatic rings. The molecular weight excluding hydrogens is 222 g/mol. The smallest absolute Gasteiger partial charge is 0.0730 e. The lowest BCUT2D eigenvalue weighted by molar-refractivity contribution is -0.0115. The Morgan fingerprint density at radius 1 is 1.28 bits per heavy atom. The molecule has 108 valence electrons. The van der Waals surface area contributed by atoms with Crippen LogP contribution in [0, 0.1) is 11.8 Å². The molecule has 0 amide bonds. The summed E-state index contributed by atoms with van der Waals surface area (Å²) in [5.41, 5.74) is 0. The van der Waals surface area contributed by atoms with Crippen molar-refractivity contribution in [2.24, 2.45) is 11.8 Å². The van der Waals surface area contributed by atoms with E-state index in [-0.39, 0.29) is 0 Å². The van der Waals surface area contributed by atoms with Crippen LogP contribution in [0.5, 0.6) is 0 Å². The Hall–Kier alpha value is -0.0800. The summed E-state index contributed by atoms with van der Waals surface area (Å²) in [6, 6.07) is 0.581. The molecule has 3 atom stereocenters. The molecule has 0 aromatic heterocycles. The van der Waals surface area contributed by atoms with Crippen LogP contribution in [0.4, 0.5) is 0 Å². The monoisotopic (exact) mass is 255 g/mol. The molecule has 1 rings (SSSR count). The highest BCUT2D eigenvalue weighted by molar-refractivity contribution is 4.84. The van der Waals surface area contributed by atoms with Gasteiger partial charge in [0.05, 0.1) is 6.10 Å². The van der Waals surface area contributed by atoms with Crippen molar-refractivity contribution in [2.45, 2.75) is 77.9 Å². The SMILES string of the molecule is CCCC1CCC(NC)C(OCCCC(C)C)C1. The molecule has 0 bridgehead atoms. The van der Waals surface area contributed by atoms with Gasteiger partial charge in [0.1, 0.15) is 0 Å². The van der Waals surface area contributed by atoms with Crippen LogP contribution in [-0.2, 0) is 4.74 Å². The molecule has 0 spiro atoms. The minimum absolute atomic E-state index is 0.451. The molecule has 18 heavy (non-hydrogen) atoms. The summed E-state index contributed by atoms with van der Waals surface area (Å²) in [6.45, 7) is 7.81. The van der Waals surface area contributed by atoms with Crippen molar-refractivity contribution in [1.29, 1.82) is 0 Å². The lowest BCUT2D eigenvalue weighted by Crippen LogP contribution is -2.44. The van der Waals surface area contributed by atoms with Gasteiger partial charge in [-0.1, -0.05) is 33.6 Å². The van der Waals surface area contributed by atoms with Gasteiger partial charge in [-0.2, -0.15) is 0 Å². The van der Waals surface area contributed by atoms with E-state index in [9.17, 15) is 0 Å². The van der Waals surface area contributed by atoms with Crippen LogP contribution < -0.4 is 5.32 Å². The van der Waals surface area contributed by atoms with E-state index in [1.807, 2.05) is 0 Å². The fraction of sp³-hybridized carbons (Fsp3) is 1.00. The molecule has 0 heterocycles. The number of rotatable bonds is 8. The van der Waals surface area contributed by atoms with Crippen molar-refractivity contribution in [3.8, 4) is 0 Å². The summed E-state index contributed by atoms with van der Waals surface area (Å²) < 4.78 is 6.15. The molecule has 1 saturated carbocycles. The van der Waals surface area contributed by atoms with Crippen LogP contribution in [0.15, 0.2) is 0 Å². The summed E-state index contributed by atoms with van der Waals surface area (Å²) in [6.07, 6.45) is 9.57. The summed E-state index contributed by atoms with van der Waals surface area (Å²) in [5.74, 6) is 1.70. The van der Waals surface area contributed by atoms with E-state index in [1.54, 1.807) is 0 Å². The number of hydrogen-bond acceptors (Lipinski definition) is 2. The first-order valence-corrected chi connectivity index (χ1v) is 7.96. The highest BCUT2D eigenvalue weighted by atomic mass is 16.5. The van der Waals surface area contributed by atoms with Gasteiger partial charge in [-0.15, -0.1) is 0 Å². The lowest BCUT2D eigenvalue weighted by atomic mass is 9.81. The Balaban J connectivity index is 2.28. The Kier molecular flexibility index (Phi) is 7.92. The first kappa shape index (κ1) is 16.0. The minimum Gasteiger partial charge on any atom is -0.377 e. The Morgan fingerprint density at radius 2 is 2.06 bits per heavy atom. The molecule has 0 aromatic carbocycles. The molecule has 0 saturated heterocycles. The van der Waals surface area contributed by atoms with Gasteiger partial charge in [-0.05, 0) is 51.0 Å². The van der Waals surface area contributed by atoms with Crippen LogP contribution >= 0.6 is 0 Å². The van der Waals surface area contributed by atoms with Crippen LogP contribution in [0.25, 0.3) is 0 Å². The molecule has 2 nitrogen and oxygen atoms in total. The summed E-state index contributed by atoms with van der Waals surface area (Å²) in [5, 5.41) is 3.44. The minimum atomic E-state index is 0.451. The highest BCUT2D eigenvalue weighted by Gasteiger charge is 2.29.